The van der Waals surface area contributed by atoms with E-state index in [1.165, 1.54) is 23.3 Å². The van der Waals surface area contributed by atoms with Crippen molar-refractivity contribution in [3.05, 3.63) is 71.2 Å². The largest absolute Gasteiger partial charge is 0.351 e. The van der Waals surface area contributed by atoms with E-state index in [2.05, 4.69) is 48.1 Å². The van der Waals surface area contributed by atoms with E-state index < -0.39 is 0 Å². The molecule has 4 nitrogen and oxygen atoms in total. The maximum absolute atomic E-state index is 13.5. The van der Waals surface area contributed by atoms with Crippen molar-refractivity contribution in [2.45, 2.75) is 13.0 Å². The number of aromatic amines is 1. The first kappa shape index (κ1) is 19.9. The van der Waals surface area contributed by atoms with Gasteiger partial charge in [0.1, 0.15) is 11.5 Å². The number of aromatic nitrogens is 1. The van der Waals surface area contributed by atoms with E-state index in [1.807, 2.05) is 4.90 Å². The maximum atomic E-state index is 13.5. The molecule has 152 valence electrons. The number of carbonyl (C=O) groups excluding carboxylic acids is 1. The van der Waals surface area contributed by atoms with Gasteiger partial charge in [-0.25, -0.2) is 4.39 Å². The summed E-state index contributed by atoms with van der Waals surface area (Å²) < 4.78 is 13.5. The molecule has 0 spiro atoms. The quantitative estimate of drug-likeness (QED) is 0.675. The number of H-pyrrole nitrogens is 1. The molecule has 29 heavy (non-hydrogen) atoms. The topological polar surface area (TPSA) is 39.3 Å². The molecule has 0 unspecified atom stereocenters. The van der Waals surface area contributed by atoms with Crippen LogP contribution in [0.1, 0.15) is 27.7 Å². The Morgan fingerprint density at radius 2 is 1.90 bits per heavy atom. The highest BCUT2D eigenvalue weighted by atomic mass is 35.5. The number of nitrogens with one attached hydrogen (secondary N) is 1. The van der Waals surface area contributed by atoms with Gasteiger partial charge >= 0.3 is 0 Å². The van der Waals surface area contributed by atoms with Crippen molar-refractivity contribution in [2.24, 2.45) is 11.8 Å². The summed E-state index contributed by atoms with van der Waals surface area (Å²) in [6.07, 6.45) is 0. The smallest absolute Gasteiger partial charge is 0.270 e. The van der Waals surface area contributed by atoms with Gasteiger partial charge in [0.05, 0.1) is 0 Å². The molecule has 5 rings (SSSR count). The summed E-state index contributed by atoms with van der Waals surface area (Å²) in [4.78, 5) is 20.7. The molecule has 1 N–H and O–H groups in total. The van der Waals surface area contributed by atoms with Crippen LogP contribution in [0.3, 0.4) is 0 Å². The number of carbonyl (C=O) groups is 1. The Morgan fingerprint density at radius 3 is 2.69 bits per heavy atom. The van der Waals surface area contributed by atoms with Gasteiger partial charge in [0.25, 0.3) is 5.91 Å². The molecule has 3 atom stereocenters. The summed E-state index contributed by atoms with van der Waals surface area (Å²) in [5, 5.41) is 0.736. The average molecular weight is 414 g/mol. The van der Waals surface area contributed by atoms with Crippen molar-refractivity contribution < 1.29 is 9.18 Å². The van der Waals surface area contributed by atoms with Crippen LogP contribution in [-0.4, -0.2) is 47.4 Å². The fraction of sp³-hybridized carbons (Fsp3) is 0.348. The van der Waals surface area contributed by atoms with E-state index >= 15 is 0 Å². The van der Waals surface area contributed by atoms with Gasteiger partial charge in [-0.05, 0) is 55.3 Å². The first-order valence-electron chi connectivity index (χ1n) is 9.84. The number of fused-ring (bicyclic) bond motifs is 2. The highest BCUT2D eigenvalue weighted by Gasteiger charge is 2.47. The van der Waals surface area contributed by atoms with Gasteiger partial charge in [-0.2, -0.15) is 0 Å². The first-order valence-corrected chi connectivity index (χ1v) is 9.84. The fourth-order valence-electron chi connectivity index (χ4n) is 5.20. The van der Waals surface area contributed by atoms with Crippen molar-refractivity contribution >= 4 is 29.2 Å². The van der Waals surface area contributed by atoms with Crippen molar-refractivity contribution in [1.82, 2.24) is 14.8 Å². The summed E-state index contributed by atoms with van der Waals surface area (Å²) in [6, 6.07) is 15.2. The molecule has 2 aliphatic rings. The molecule has 6 heteroatoms. The number of aryl methyl sites for hydroxylation is 1. The Bertz CT molecular complexity index is 1070. The Balaban J connectivity index is 0.00000205. The third-order valence-electron chi connectivity index (χ3n) is 6.50. The maximum Gasteiger partial charge on any atom is 0.270 e. The van der Waals surface area contributed by atoms with E-state index in [4.69, 9.17) is 0 Å². The van der Waals surface area contributed by atoms with Gasteiger partial charge in [-0.1, -0.05) is 24.3 Å². The number of halogens is 2. The molecule has 0 bridgehead atoms. The predicted octanol–water partition coefficient (Wildman–Crippen LogP) is 4.41. The molecule has 2 fully saturated rings. The molecule has 3 aromatic rings. The molecule has 0 radical (unpaired) electrons. The van der Waals surface area contributed by atoms with E-state index in [-0.39, 0.29) is 24.1 Å². The lowest BCUT2D eigenvalue weighted by molar-refractivity contribution is 0.0763. The van der Waals surface area contributed by atoms with Gasteiger partial charge in [-0.15, -0.1) is 12.4 Å². The minimum Gasteiger partial charge on any atom is -0.351 e. The van der Waals surface area contributed by atoms with Crippen LogP contribution in [0.25, 0.3) is 10.9 Å². The fourth-order valence-corrected chi connectivity index (χ4v) is 5.20. The molecule has 0 saturated carbocycles. The van der Waals surface area contributed by atoms with Crippen LogP contribution in [0.5, 0.6) is 0 Å². The summed E-state index contributed by atoms with van der Waals surface area (Å²) >= 11 is 0. The Hall–Kier alpha value is -2.37. The zero-order valence-corrected chi connectivity index (χ0v) is 17.4. The molecule has 3 heterocycles. The highest BCUT2D eigenvalue weighted by Crippen LogP contribution is 2.45. The first-order chi connectivity index (χ1) is 13.5. The second-order valence-electron chi connectivity index (χ2n) is 8.29. The minimum absolute atomic E-state index is 0. The molecule has 2 saturated heterocycles. The number of amides is 1. The van der Waals surface area contributed by atoms with Gasteiger partial charge in [-0.3, -0.25) is 9.69 Å². The zero-order chi connectivity index (χ0) is 19.4. The predicted molar refractivity (Wildman–Crippen MR) is 115 cm³/mol. The normalized spacial score (nSPS) is 24.0. The van der Waals surface area contributed by atoms with Crippen LogP contribution in [0.2, 0.25) is 0 Å². The van der Waals surface area contributed by atoms with E-state index in [0.29, 0.717) is 23.6 Å². The van der Waals surface area contributed by atoms with Crippen LogP contribution in [0, 0.1) is 24.6 Å². The third kappa shape index (κ3) is 3.32. The van der Waals surface area contributed by atoms with Crippen LogP contribution in [-0.2, 0) is 0 Å². The Morgan fingerprint density at radius 1 is 1.10 bits per heavy atom. The summed E-state index contributed by atoms with van der Waals surface area (Å²) in [7, 11) is 2.19. The van der Waals surface area contributed by atoms with Gasteiger partial charge in [0, 0.05) is 42.5 Å². The Labute approximate surface area is 176 Å². The lowest BCUT2D eigenvalue weighted by Gasteiger charge is -2.28. The lowest BCUT2D eigenvalue weighted by atomic mass is 9.88. The third-order valence-corrected chi connectivity index (χ3v) is 6.50. The second kappa shape index (κ2) is 7.47. The number of benzene rings is 2. The van der Waals surface area contributed by atoms with Crippen LogP contribution < -0.4 is 0 Å². The lowest BCUT2D eigenvalue weighted by Crippen LogP contribution is -2.33. The summed E-state index contributed by atoms with van der Waals surface area (Å²) in [6.45, 7) is 4.71. The van der Waals surface area contributed by atoms with Gasteiger partial charge in [0.2, 0.25) is 0 Å². The average Bonchev–Trinajstić information content (AvgIpc) is 3.34. The zero-order valence-electron chi connectivity index (χ0n) is 16.6. The van der Waals surface area contributed by atoms with Gasteiger partial charge in [0.15, 0.2) is 0 Å². The molecule has 2 aliphatic heterocycles. The van der Waals surface area contributed by atoms with Crippen molar-refractivity contribution in [3.8, 4) is 0 Å². The molecular formula is C23H25ClFN3O. The van der Waals surface area contributed by atoms with E-state index in [1.54, 1.807) is 12.1 Å². The van der Waals surface area contributed by atoms with Crippen molar-refractivity contribution in [1.29, 1.82) is 0 Å². The van der Waals surface area contributed by atoms with Crippen LogP contribution in [0.4, 0.5) is 4.39 Å². The Kier molecular flexibility index (Phi) is 5.13. The number of hydrogen-bond donors (Lipinski definition) is 1. The van der Waals surface area contributed by atoms with Crippen molar-refractivity contribution in [2.75, 3.05) is 26.7 Å². The number of likely N-dealkylation sites (tertiary alicyclic amines) is 2. The van der Waals surface area contributed by atoms with E-state index in [0.717, 1.165) is 30.5 Å². The minimum atomic E-state index is -0.287. The summed E-state index contributed by atoms with van der Waals surface area (Å²) in [5.74, 6) is 0.653. The van der Waals surface area contributed by atoms with Crippen LogP contribution in [0.15, 0.2) is 48.5 Å². The molecule has 0 aliphatic carbocycles. The molecular weight excluding hydrogens is 389 g/mol. The molecule has 1 amide bonds. The van der Waals surface area contributed by atoms with E-state index in [9.17, 15) is 9.18 Å². The molecule has 1 aromatic heterocycles. The highest BCUT2D eigenvalue weighted by molar-refractivity contribution is 5.98. The molecule has 2 aromatic carbocycles. The van der Waals surface area contributed by atoms with Gasteiger partial charge < -0.3 is 9.88 Å². The number of rotatable bonds is 2. The van der Waals surface area contributed by atoms with Crippen LogP contribution >= 0.6 is 12.4 Å². The number of hydrogen-bond acceptors (Lipinski definition) is 2. The standard InChI is InChI=1S/C23H24FN3O.ClH/c1-14-5-3-4-6-18(14)22-19-13-27(12-16(19)11-26(22)2)23(28)21-10-15-9-17(24)7-8-20(15)25-21;/h3-10,16,19,22,25H,11-13H2,1-2H3;1H/t16-,19+,22+;/m0./s1. The monoisotopic (exact) mass is 413 g/mol. The van der Waals surface area contributed by atoms with Crippen molar-refractivity contribution in [3.63, 3.8) is 0 Å². The summed E-state index contributed by atoms with van der Waals surface area (Å²) in [5.41, 5.74) is 4.01. The SMILES string of the molecule is Cc1ccccc1[C@@H]1[C@@H]2CN(C(=O)c3cc4cc(F)ccc4[nH]3)C[C@@H]2CN1C.Cl. The number of nitrogens with zero attached hydrogens (tertiary/aromatic N) is 2. The second-order valence-corrected chi connectivity index (χ2v) is 8.29.